The predicted molar refractivity (Wildman–Crippen MR) is 81.0 cm³/mol. The van der Waals surface area contributed by atoms with Gasteiger partial charge in [-0.3, -0.25) is 0 Å². The molecule has 0 spiro atoms. The van der Waals surface area contributed by atoms with Crippen molar-refractivity contribution >= 4 is 5.69 Å². The van der Waals surface area contributed by atoms with Gasteiger partial charge in [-0.2, -0.15) is 0 Å². The summed E-state index contributed by atoms with van der Waals surface area (Å²) in [6, 6.07) is 10.9. The fourth-order valence-corrected chi connectivity index (χ4v) is 2.73. The first-order valence-electron chi connectivity index (χ1n) is 7.26. The van der Waals surface area contributed by atoms with Gasteiger partial charge >= 0.3 is 0 Å². The molecule has 1 aromatic carbocycles. The second kappa shape index (κ2) is 6.28. The van der Waals surface area contributed by atoms with Crippen LogP contribution in [0.3, 0.4) is 0 Å². The van der Waals surface area contributed by atoms with E-state index in [-0.39, 0.29) is 0 Å². The number of nitrogens with one attached hydrogen (secondary N) is 1. The molecule has 1 aromatic heterocycles. The lowest BCUT2D eigenvalue weighted by atomic mass is 10.1. The molecule has 0 amide bonds. The Kier molecular flexibility index (Phi) is 4.22. The van der Waals surface area contributed by atoms with E-state index in [4.69, 9.17) is 9.26 Å². The van der Waals surface area contributed by atoms with Crippen molar-refractivity contribution in [3.63, 3.8) is 0 Å². The van der Waals surface area contributed by atoms with Crippen LogP contribution in [0.25, 0.3) is 0 Å². The van der Waals surface area contributed by atoms with Crippen molar-refractivity contribution in [1.29, 1.82) is 0 Å². The number of ether oxygens (including phenoxy) is 1. The molecule has 3 rings (SSSR count). The van der Waals surface area contributed by atoms with Crippen LogP contribution in [0.2, 0.25) is 0 Å². The second-order valence-corrected chi connectivity index (χ2v) is 5.51. The largest absolute Gasteiger partial charge is 0.377 e. The van der Waals surface area contributed by atoms with Crippen molar-refractivity contribution in [3.8, 4) is 0 Å². The molecule has 0 saturated heterocycles. The van der Waals surface area contributed by atoms with Crippen molar-refractivity contribution in [2.75, 3.05) is 18.6 Å². The molecule has 21 heavy (non-hydrogen) atoms. The number of anilines is 1. The van der Waals surface area contributed by atoms with E-state index in [0.717, 1.165) is 31.1 Å². The Labute approximate surface area is 124 Å². The first-order valence-corrected chi connectivity index (χ1v) is 7.26. The van der Waals surface area contributed by atoms with E-state index in [0.29, 0.717) is 12.6 Å². The SMILES string of the molecule is COCc1cc(CN2CC(C)NCc3ccccc32)no1. The minimum atomic E-state index is 0.433. The third-order valence-corrected chi connectivity index (χ3v) is 3.71. The molecule has 0 bridgehead atoms. The third kappa shape index (κ3) is 3.25. The molecule has 5 nitrogen and oxygen atoms in total. The van der Waals surface area contributed by atoms with Gasteiger partial charge in [0.25, 0.3) is 0 Å². The highest BCUT2D eigenvalue weighted by Crippen LogP contribution is 2.25. The van der Waals surface area contributed by atoms with Gasteiger partial charge in [0.2, 0.25) is 0 Å². The number of fused-ring (bicyclic) bond motifs is 1. The standard InChI is InChI=1S/C16H21N3O2/c1-12-9-19(10-14-7-15(11-20-2)21-18-14)16-6-4-3-5-13(16)8-17-12/h3-7,12,17H,8-11H2,1-2H3. The van der Waals surface area contributed by atoms with E-state index in [9.17, 15) is 0 Å². The summed E-state index contributed by atoms with van der Waals surface area (Å²) in [6.45, 7) is 5.26. The summed E-state index contributed by atoms with van der Waals surface area (Å²) in [5, 5.41) is 7.68. The van der Waals surface area contributed by atoms with E-state index >= 15 is 0 Å². The topological polar surface area (TPSA) is 50.5 Å². The zero-order valence-corrected chi connectivity index (χ0v) is 12.5. The van der Waals surface area contributed by atoms with Gasteiger partial charge in [-0.05, 0) is 18.6 Å². The fourth-order valence-electron chi connectivity index (χ4n) is 2.73. The lowest BCUT2D eigenvalue weighted by Gasteiger charge is -2.25. The van der Waals surface area contributed by atoms with Crippen LogP contribution in [0, 0.1) is 0 Å². The van der Waals surface area contributed by atoms with Crippen molar-refractivity contribution in [2.45, 2.75) is 32.7 Å². The van der Waals surface area contributed by atoms with Gasteiger partial charge < -0.3 is 19.5 Å². The summed E-state index contributed by atoms with van der Waals surface area (Å²) in [7, 11) is 1.65. The number of rotatable bonds is 4. The zero-order chi connectivity index (χ0) is 14.7. The average Bonchev–Trinajstić information content (AvgIpc) is 2.85. The van der Waals surface area contributed by atoms with Crippen molar-refractivity contribution in [2.24, 2.45) is 0 Å². The van der Waals surface area contributed by atoms with E-state index in [1.165, 1.54) is 11.3 Å². The van der Waals surface area contributed by atoms with Gasteiger partial charge in [-0.1, -0.05) is 23.4 Å². The highest BCUT2D eigenvalue weighted by atomic mass is 16.5. The van der Waals surface area contributed by atoms with E-state index in [1.54, 1.807) is 7.11 Å². The van der Waals surface area contributed by atoms with Crippen LogP contribution < -0.4 is 10.2 Å². The average molecular weight is 287 g/mol. The number of aromatic nitrogens is 1. The summed E-state index contributed by atoms with van der Waals surface area (Å²) in [5.41, 5.74) is 3.53. The maximum atomic E-state index is 5.28. The molecule has 2 aromatic rings. The number of hydrogen-bond acceptors (Lipinski definition) is 5. The van der Waals surface area contributed by atoms with Gasteiger partial charge in [-0.15, -0.1) is 0 Å². The van der Waals surface area contributed by atoms with E-state index in [2.05, 4.69) is 46.6 Å². The van der Waals surface area contributed by atoms with Crippen LogP contribution in [-0.4, -0.2) is 24.9 Å². The molecule has 1 atom stereocenters. The Balaban J connectivity index is 1.82. The van der Waals surface area contributed by atoms with Crippen molar-refractivity contribution in [3.05, 3.63) is 47.3 Å². The lowest BCUT2D eigenvalue weighted by molar-refractivity contribution is 0.156. The van der Waals surface area contributed by atoms with Crippen LogP contribution in [0.1, 0.15) is 23.9 Å². The Hall–Kier alpha value is -1.85. The van der Waals surface area contributed by atoms with E-state index < -0.39 is 0 Å². The van der Waals surface area contributed by atoms with E-state index in [1.807, 2.05) is 6.07 Å². The number of nitrogens with zero attached hydrogens (tertiary/aromatic N) is 2. The molecule has 0 fully saturated rings. The highest BCUT2D eigenvalue weighted by Gasteiger charge is 2.19. The Morgan fingerprint density at radius 1 is 1.43 bits per heavy atom. The van der Waals surface area contributed by atoms with Crippen LogP contribution in [-0.2, 0) is 24.4 Å². The van der Waals surface area contributed by atoms with Crippen molar-refractivity contribution in [1.82, 2.24) is 10.5 Å². The summed E-state index contributed by atoms with van der Waals surface area (Å²) in [5.74, 6) is 0.766. The molecular formula is C16H21N3O2. The summed E-state index contributed by atoms with van der Waals surface area (Å²) >= 11 is 0. The molecule has 0 saturated carbocycles. The maximum absolute atomic E-state index is 5.28. The maximum Gasteiger partial charge on any atom is 0.162 e. The molecule has 1 aliphatic heterocycles. The predicted octanol–water partition coefficient (Wildman–Crippen LogP) is 2.32. The third-order valence-electron chi connectivity index (χ3n) is 3.71. The molecule has 0 radical (unpaired) electrons. The van der Waals surface area contributed by atoms with Gasteiger partial charge in [-0.25, -0.2) is 0 Å². The molecule has 5 heteroatoms. The van der Waals surface area contributed by atoms with Gasteiger partial charge in [0.05, 0.1) is 6.54 Å². The number of benzene rings is 1. The summed E-state index contributed by atoms with van der Waals surface area (Å²) < 4.78 is 10.3. The fraction of sp³-hybridized carbons (Fsp3) is 0.438. The molecule has 112 valence electrons. The minimum absolute atomic E-state index is 0.433. The zero-order valence-electron chi connectivity index (χ0n) is 12.5. The normalized spacial score (nSPS) is 18.4. The first kappa shape index (κ1) is 14.1. The number of hydrogen-bond donors (Lipinski definition) is 1. The molecular weight excluding hydrogens is 266 g/mol. The monoisotopic (exact) mass is 287 g/mol. The molecule has 1 unspecified atom stereocenters. The quantitative estimate of drug-likeness (QED) is 0.935. The smallest absolute Gasteiger partial charge is 0.162 e. The number of para-hydroxylation sites is 1. The Morgan fingerprint density at radius 3 is 3.14 bits per heavy atom. The molecule has 1 aliphatic rings. The Bertz CT molecular complexity index is 597. The number of methoxy groups -OCH3 is 1. The summed E-state index contributed by atoms with van der Waals surface area (Å²) in [4.78, 5) is 2.36. The van der Waals surface area contributed by atoms with Crippen molar-refractivity contribution < 1.29 is 9.26 Å². The van der Waals surface area contributed by atoms with Crippen LogP contribution >= 0.6 is 0 Å². The van der Waals surface area contributed by atoms with Gasteiger partial charge in [0, 0.05) is 38.0 Å². The van der Waals surface area contributed by atoms with Crippen LogP contribution in [0.5, 0.6) is 0 Å². The summed E-state index contributed by atoms with van der Waals surface area (Å²) in [6.07, 6.45) is 0. The van der Waals surface area contributed by atoms with Gasteiger partial charge in [0.15, 0.2) is 5.76 Å². The first-order chi connectivity index (χ1) is 10.3. The molecule has 1 N–H and O–H groups in total. The lowest BCUT2D eigenvalue weighted by Crippen LogP contribution is -2.35. The molecule has 0 aliphatic carbocycles. The van der Waals surface area contributed by atoms with Crippen LogP contribution in [0.4, 0.5) is 5.69 Å². The Morgan fingerprint density at radius 2 is 2.29 bits per heavy atom. The second-order valence-electron chi connectivity index (χ2n) is 5.51. The van der Waals surface area contributed by atoms with Crippen LogP contribution in [0.15, 0.2) is 34.9 Å². The highest BCUT2D eigenvalue weighted by molar-refractivity contribution is 5.54. The van der Waals surface area contributed by atoms with Gasteiger partial charge in [0.1, 0.15) is 12.3 Å². The molecule has 2 heterocycles. The minimum Gasteiger partial charge on any atom is -0.377 e.